The number of carbonyl (C=O) groups is 1. The Kier molecular flexibility index (Phi) is 8.51. The van der Waals surface area contributed by atoms with Crippen LogP contribution in [0.2, 0.25) is 0 Å². The molecule has 0 aromatic rings. The predicted octanol–water partition coefficient (Wildman–Crippen LogP) is 2.43. The molecule has 2 N–H and O–H groups in total. The monoisotopic (exact) mass is 273 g/mol. The van der Waals surface area contributed by atoms with Gasteiger partial charge in [-0.05, 0) is 24.0 Å². The van der Waals surface area contributed by atoms with Crippen molar-refractivity contribution in [2.75, 3.05) is 24.7 Å². The Balaban J connectivity index is 1.96. The zero-order valence-corrected chi connectivity index (χ0v) is 12.3. The van der Waals surface area contributed by atoms with Crippen LogP contribution in [0.5, 0.6) is 0 Å². The molecule has 4 heteroatoms. The van der Waals surface area contributed by atoms with Crippen molar-refractivity contribution >= 4 is 17.7 Å². The summed E-state index contributed by atoms with van der Waals surface area (Å²) in [7, 11) is 0. The van der Waals surface area contributed by atoms with E-state index in [1.54, 1.807) is 11.8 Å². The lowest BCUT2D eigenvalue weighted by Gasteiger charge is -2.21. The van der Waals surface area contributed by atoms with Gasteiger partial charge in [-0.3, -0.25) is 4.79 Å². The van der Waals surface area contributed by atoms with Crippen molar-refractivity contribution < 1.29 is 9.90 Å². The third-order valence-electron chi connectivity index (χ3n) is 3.55. The molecule has 1 saturated carbocycles. The molecule has 0 radical (unpaired) electrons. The van der Waals surface area contributed by atoms with Crippen LogP contribution in [-0.2, 0) is 4.79 Å². The highest BCUT2D eigenvalue weighted by Gasteiger charge is 2.13. The van der Waals surface area contributed by atoms with Gasteiger partial charge < -0.3 is 10.4 Å². The number of hydrogen-bond donors (Lipinski definition) is 2. The van der Waals surface area contributed by atoms with E-state index in [1.165, 1.54) is 32.1 Å². The van der Waals surface area contributed by atoms with Gasteiger partial charge in [-0.2, -0.15) is 11.8 Å². The number of aliphatic hydroxyl groups excluding tert-OH is 1. The van der Waals surface area contributed by atoms with E-state index >= 15 is 0 Å². The Labute approximate surface area is 115 Å². The lowest BCUT2D eigenvalue weighted by Crippen LogP contribution is -2.28. The Morgan fingerprint density at radius 2 is 2.11 bits per heavy atom. The third kappa shape index (κ3) is 7.27. The smallest absolute Gasteiger partial charge is 0.229 e. The quantitative estimate of drug-likeness (QED) is 0.714. The second-order valence-electron chi connectivity index (χ2n) is 5.45. The molecule has 0 saturated heterocycles. The molecule has 0 heterocycles. The molecule has 0 aliphatic heterocycles. The van der Waals surface area contributed by atoms with Gasteiger partial charge >= 0.3 is 0 Å². The maximum absolute atomic E-state index is 11.6. The second-order valence-corrected chi connectivity index (χ2v) is 6.48. The van der Waals surface area contributed by atoms with Gasteiger partial charge in [0, 0.05) is 13.2 Å². The summed E-state index contributed by atoms with van der Waals surface area (Å²) >= 11 is 1.61. The largest absolute Gasteiger partial charge is 0.396 e. The van der Waals surface area contributed by atoms with E-state index in [0.717, 1.165) is 24.6 Å². The maximum Gasteiger partial charge on any atom is 0.229 e. The zero-order chi connectivity index (χ0) is 13.2. The molecule has 1 rings (SSSR count). The molecule has 0 aromatic carbocycles. The van der Waals surface area contributed by atoms with E-state index in [0.29, 0.717) is 5.75 Å². The number of amides is 1. The average Bonchev–Trinajstić information content (AvgIpc) is 2.39. The van der Waals surface area contributed by atoms with Gasteiger partial charge in [0.15, 0.2) is 0 Å². The van der Waals surface area contributed by atoms with Crippen LogP contribution in [0.15, 0.2) is 0 Å². The van der Waals surface area contributed by atoms with Gasteiger partial charge in [0.1, 0.15) is 0 Å². The lowest BCUT2D eigenvalue weighted by atomic mass is 9.87. The summed E-state index contributed by atoms with van der Waals surface area (Å²) in [6.07, 6.45) is 7.96. The molecule has 106 valence electrons. The first kappa shape index (κ1) is 15.8. The summed E-state index contributed by atoms with van der Waals surface area (Å²) in [6.45, 7) is 3.03. The molecule has 0 bridgehead atoms. The first-order valence-electron chi connectivity index (χ1n) is 7.17. The first-order valence-corrected chi connectivity index (χ1v) is 8.33. The van der Waals surface area contributed by atoms with Gasteiger partial charge in [-0.1, -0.05) is 39.0 Å². The molecule has 1 amide bonds. The van der Waals surface area contributed by atoms with Crippen molar-refractivity contribution in [3.8, 4) is 0 Å². The van der Waals surface area contributed by atoms with Crippen molar-refractivity contribution in [2.24, 2.45) is 11.8 Å². The minimum Gasteiger partial charge on any atom is -0.396 e. The van der Waals surface area contributed by atoms with Crippen LogP contribution < -0.4 is 5.32 Å². The molecule has 1 atom stereocenters. The molecular formula is C14H27NO2S. The Hall–Kier alpha value is -0.220. The predicted molar refractivity (Wildman–Crippen MR) is 77.8 cm³/mol. The maximum atomic E-state index is 11.6. The fourth-order valence-electron chi connectivity index (χ4n) is 2.35. The van der Waals surface area contributed by atoms with Crippen molar-refractivity contribution in [1.82, 2.24) is 5.32 Å². The SMILES string of the molecule is CC(CO)CSCC(=O)NCCC1CCCCC1. The van der Waals surface area contributed by atoms with Gasteiger partial charge in [0.05, 0.1) is 5.75 Å². The van der Waals surface area contributed by atoms with E-state index in [1.807, 2.05) is 6.92 Å². The molecule has 1 aliphatic carbocycles. The minimum atomic E-state index is 0.140. The fourth-order valence-corrected chi connectivity index (χ4v) is 3.26. The van der Waals surface area contributed by atoms with Crippen LogP contribution >= 0.6 is 11.8 Å². The number of thioether (sulfide) groups is 1. The summed E-state index contributed by atoms with van der Waals surface area (Å²) in [5.41, 5.74) is 0. The molecule has 1 unspecified atom stereocenters. The van der Waals surface area contributed by atoms with E-state index < -0.39 is 0 Å². The summed E-state index contributed by atoms with van der Waals surface area (Å²) < 4.78 is 0. The average molecular weight is 273 g/mol. The van der Waals surface area contributed by atoms with Crippen molar-refractivity contribution in [1.29, 1.82) is 0 Å². The van der Waals surface area contributed by atoms with E-state index in [2.05, 4.69) is 5.32 Å². The molecule has 0 spiro atoms. The number of hydrogen-bond acceptors (Lipinski definition) is 3. The molecule has 1 aliphatic rings. The van der Waals surface area contributed by atoms with Crippen LogP contribution in [-0.4, -0.2) is 35.7 Å². The van der Waals surface area contributed by atoms with E-state index in [9.17, 15) is 4.79 Å². The van der Waals surface area contributed by atoms with Gasteiger partial charge in [0.2, 0.25) is 5.91 Å². The highest BCUT2D eigenvalue weighted by atomic mass is 32.2. The summed E-state index contributed by atoms with van der Waals surface area (Å²) in [5, 5.41) is 11.9. The Bertz CT molecular complexity index is 230. The molecular weight excluding hydrogens is 246 g/mol. The summed E-state index contributed by atoms with van der Waals surface area (Å²) in [5.74, 6) is 2.63. The number of carbonyl (C=O) groups excluding carboxylic acids is 1. The number of rotatable bonds is 8. The standard InChI is InChI=1S/C14H27NO2S/c1-12(9-16)10-18-11-14(17)15-8-7-13-5-3-2-4-6-13/h12-13,16H,2-11H2,1H3,(H,15,17). The third-order valence-corrected chi connectivity index (χ3v) is 4.82. The van der Waals surface area contributed by atoms with Crippen LogP contribution in [0.25, 0.3) is 0 Å². The van der Waals surface area contributed by atoms with Crippen LogP contribution in [0.3, 0.4) is 0 Å². The van der Waals surface area contributed by atoms with Crippen LogP contribution in [0.1, 0.15) is 45.4 Å². The highest BCUT2D eigenvalue weighted by molar-refractivity contribution is 7.99. The topological polar surface area (TPSA) is 49.3 Å². The van der Waals surface area contributed by atoms with Crippen molar-refractivity contribution in [3.63, 3.8) is 0 Å². The first-order chi connectivity index (χ1) is 8.72. The normalized spacial score (nSPS) is 18.6. The van der Waals surface area contributed by atoms with Crippen LogP contribution in [0, 0.1) is 11.8 Å². The molecule has 1 fully saturated rings. The van der Waals surface area contributed by atoms with E-state index in [-0.39, 0.29) is 18.4 Å². The van der Waals surface area contributed by atoms with Crippen molar-refractivity contribution in [3.05, 3.63) is 0 Å². The molecule has 3 nitrogen and oxygen atoms in total. The Morgan fingerprint density at radius 1 is 1.39 bits per heavy atom. The summed E-state index contributed by atoms with van der Waals surface area (Å²) in [4.78, 5) is 11.6. The van der Waals surface area contributed by atoms with E-state index in [4.69, 9.17) is 5.11 Å². The Morgan fingerprint density at radius 3 is 2.78 bits per heavy atom. The molecule has 0 aromatic heterocycles. The second kappa shape index (κ2) is 9.68. The summed E-state index contributed by atoms with van der Waals surface area (Å²) in [6, 6.07) is 0. The fraction of sp³-hybridized carbons (Fsp3) is 0.929. The van der Waals surface area contributed by atoms with Crippen LogP contribution in [0.4, 0.5) is 0 Å². The number of nitrogens with one attached hydrogen (secondary N) is 1. The van der Waals surface area contributed by atoms with Gasteiger partial charge in [0.25, 0.3) is 0 Å². The highest BCUT2D eigenvalue weighted by Crippen LogP contribution is 2.25. The van der Waals surface area contributed by atoms with Gasteiger partial charge in [-0.25, -0.2) is 0 Å². The van der Waals surface area contributed by atoms with Gasteiger partial charge in [-0.15, -0.1) is 0 Å². The zero-order valence-electron chi connectivity index (χ0n) is 11.5. The molecule has 18 heavy (non-hydrogen) atoms. The van der Waals surface area contributed by atoms with Crippen molar-refractivity contribution in [2.45, 2.75) is 45.4 Å². The minimum absolute atomic E-state index is 0.140. The number of aliphatic hydroxyl groups is 1. The lowest BCUT2D eigenvalue weighted by molar-refractivity contribution is -0.118.